The summed E-state index contributed by atoms with van der Waals surface area (Å²) >= 11 is 4.84. The van der Waals surface area contributed by atoms with Gasteiger partial charge in [-0.05, 0) is 24.3 Å². The topological polar surface area (TPSA) is 20.7 Å². The van der Waals surface area contributed by atoms with E-state index in [1.54, 1.807) is 18.3 Å². The van der Waals surface area contributed by atoms with Crippen LogP contribution in [0.15, 0.2) is 36.5 Å². The van der Waals surface area contributed by atoms with Crippen LogP contribution in [0.3, 0.4) is 0 Å². The first-order valence-electron chi connectivity index (χ1n) is 4.42. The molecule has 16 heavy (non-hydrogen) atoms. The van der Waals surface area contributed by atoms with Gasteiger partial charge in [0.15, 0.2) is 0 Å². The third-order valence-corrected chi connectivity index (χ3v) is 2.28. The van der Waals surface area contributed by atoms with Crippen molar-refractivity contribution in [2.75, 3.05) is 0 Å². The van der Waals surface area contributed by atoms with Crippen LogP contribution in [-0.2, 0) is 6.18 Å². The van der Waals surface area contributed by atoms with Crippen LogP contribution < -0.4 is 0 Å². The lowest BCUT2D eigenvalue weighted by Crippen LogP contribution is -2.06. The first-order chi connectivity index (χ1) is 7.47. The molecule has 84 valence electrons. The molecule has 0 unspecified atom stereocenters. The number of alkyl halides is 3. The fourth-order valence-corrected chi connectivity index (χ4v) is 1.48. The van der Waals surface area contributed by atoms with Gasteiger partial charge in [-0.25, -0.2) is 0 Å². The quantitative estimate of drug-likeness (QED) is 0.761. The monoisotopic (exact) mass is 244 g/mol. The number of aromatic amines is 1. The lowest BCUT2D eigenvalue weighted by molar-refractivity contribution is -0.137. The molecule has 2 nitrogen and oxygen atoms in total. The van der Waals surface area contributed by atoms with E-state index in [1.165, 1.54) is 10.7 Å². The molecule has 2 aromatic rings. The van der Waals surface area contributed by atoms with E-state index in [0.717, 1.165) is 12.1 Å². The number of hydrogen-bond acceptors (Lipinski definition) is 1. The Morgan fingerprint density at radius 3 is 2.50 bits per heavy atom. The van der Waals surface area contributed by atoms with Crippen molar-refractivity contribution in [3.8, 4) is 5.69 Å². The number of nitrogens with zero attached hydrogens (tertiary/aromatic N) is 1. The molecule has 0 amide bonds. The zero-order valence-corrected chi connectivity index (χ0v) is 8.77. The van der Waals surface area contributed by atoms with Gasteiger partial charge in [-0.2, -0.15) is 13.2 Å². The molecule has 1 aromatic heterocycles. The van der Waals surface area contributed by atoms with Gasteiger partial charge in [0, 0.05) is 6.20 Å². The number of halogens is 3. The average Bonchev–Trinajstić information content (AvgIpc) is 2.64. The summed E-state index contributed by atoms with van der Waals surface area (Å²) in [6.45, 7) is 0. The SMILES string of the molecule is FC(F)(F)c1cccc(-n2ccc(=S)[nH]2)c1. The van der Waals surface area contributed by atoms with Gasteiger partial charge in [0.25, 0.3) is 0 Å². The predicted molar refractivity (Wildman–Crippen MR) is 56.0 cm³/mol. The maximum Gasteiger partial charge on any atom is 0.416 e. The molecule has 0 fully saturated rings. The minimum Gasteiger partial charge on any atom is -0.284 e. The fourth-order valence-electron chi connectivity index (χ4n) is 1.32. The molecular formula is C10H7F3N2S. The maximum absolute atomic E-state index is 12.4. The summed E-state index contributed by atoms with van der Waals surface area (Å²) in [4.78, 5) is 0. The molecule has 0 bridgehead atoms. The van der Waals surface area contributed by atoms with Gasteiger partial charge in [0.2, 0.25) is 0 Å². The lowest BCUT2D eigenvalue weighted by Gasteiger charge is -2.08. The van der Waals surface area contributed by atoms with Gasteiger partial charge in [-0.3, -0.25) is 9.78 Å². The summed E-state index contributed by atoms with van der Waals surface area (Å²) in [5, 5.41) is 2.74. The van der Waals surface area contributed by atoms with Crippen LogP contribution >= 0.6 is 12.2 Å². The summed E-state index contributed by atoms with van der Waals surface area (Å²) in [6, 6.07) is 6.62. The third-order valence-electron chi connectivity index (χ3n) is 2.06. The second kappa shape index (κ2) is 3.79. The van der Waals surface area contributed by atoms with Crippen molar-refractivity contribution < 1.29 is 13.2 Å². The standard InChI is InChI=1S/C10H7F3N2S/c11-10(12,13)7-2-1-3-8(6-7)15-5-4-9(16)14-15/h1-6H,(H,14,16). The normalized spacial score (nSPS) is 11.7. The van der Waals surface area contributed by atoms with E-state index in [9.17, 15) is 13.2 Å². The molecule has 0 aliphatic carbocycles. The van der Waals surface area contributed by atoms with Crippen molar-refractivity contribution in [1.82, 2.24) is 9.78 Å². The molecule has 1 heterocycles. The molecular weight excluding hydrogens is 237 g/mol. The van der Waals surface area contributed by atoms with Crippen LogP contribution in [0.5, 0.6) is 0 Å². The summed E-state index contributed by atoms with van der Waals surface area (Å²) in [5.41, 5.74) is -0.288. The molecule has 0 atom stereocenters. The van der Waals surface area contributed by atoms with Gasteiger partial charge in [0.05, 0.1) is 11.3 Å². The van der Waals surface area contributed by atoms with Crippen LogP contribution in [0, 0.1) is 4.64 Å². The highest BCUT2D eigenvalue weighted by molar-refractivity contribution is 7.71. The average molecular weight is 244 g/mol. The number of aromatic nitrogens is 2. The minimum absolute atomic E-state index is 0.394. The van der Waals surface area contributed by atoms with Crippen molar-refractivity contribution in [3.63, 3.8) is 0 Å². The van der Waals surface area contributed by atoms with Crippen LogP contribution in [0.4, 0.5) is 13.2 Å². The first kappa shape index (κ1) is 10.9. The summed E-state index contributed by atoms with van der Waals surface area (Å²) < 4.78 is 39.3. The van der Waals surface area contributed by atoms with Gasteiger partial charge in [-0.15, -0.1) is 0 Å². The van der Waals surface area contributed by atoms with E-state index in [4.69, 9.17) is 12.2 Å². The lowest BCUT2D eigenvalue weighted by atomic mass is 10.2. The number of rotatable bonds is 1. The highest BCUT2D eigenvalue weighted by atomic mass is 32.1. The summed E-state index contributed by atoms with van der Waals surface area (Å²) in [7, 11) is 0. The van der Waals surface area contributed by atoms with Gasteiger partial charge < -0.3 is 0 Å². The predicted octanol–water partition coefficient (Wildman–Crippen LogP) is 3.55. The number of H-pyrrole nitrogens is 1. The van der Waals surface area contributed by atoms with E-state index in [2.05, 4.69) is 5.10 Å². The molecule has 0 saturated heterocycles. The molecule has 0 aliphatic rings. The number of nitrogens with one attached hydrogen (secondary N) is 1. The van der Waals surface area contributed by atoms with Crippen molar-refractivity contribution in [2.45, 2.75) is 6.18 Å². The first-order valence-corrected chi connectivity index (χ1v) is 4.83. The van der Waals surface area contributed by atoms with Crippen molar-refractivity contribution in [3.05, 3.63) is 46.7 Å². The van der Waals surface area contributed by atoms with Gasteiger partial charge >= 0.3 is 6.18 Å². The molecule has 0 saturated carbocycles. The Kier molecular flexibility index (Phi) is 2.59. The third kappa shape index (κ3) is 2.16. The molecule has 1 aromatic carbocycles. The Balaban J connectivity index is 2.48. The Bertz CT molecular complexity index is 553. The highest BCUT2D eigenvalue weighted by Crippen LogP contribution is 2.30. The van der Waals surface area contributed by atoms with Crippen molar-refractivity contribution in [1.29, 1.82) is 0 Å². The van der Waals surface area contributed by atoms with Crippen molar-refractivity contribution >= 4 is 12.2 Å². The molecule has 6 heteroatoms. The second-order valence-electron chi connectivity index (χ2n) is 3.21. The maximum atomic E-state index is 12.4. The molecule has 0 radical (unpaired) electrons. The van der Waals surface area contributed by atoms with Crippen LogP contribution in [0.25, 0.3) is 5.69 Å². The summed E-state index contributed by atoms with van der Waals surface area (Å²) in [5.74, 6) is 0. The fraction of sp³-hybridized carbons (Fsp3) is 0.100. The van der Waals surface area contributed by atoms with E-state index in [-0.39, 0.29) is 0 Å². The van der Waals surface area contributed by atoms with Crippen LogP contribution in [0.1, 0.15) is 5.56 Å². The smallest absolute Gasteiger partial charge is 0.284 e. The molecule has 1 N–H and O–H groups in total. The van der Waals surface area contributed by atoms with E-state index >= 15 is 0 Å². The Morgan fingerprint density at radius 2 is 1.94 bits per heavy atom. The molecule has 2 rings (SSSR count). The van der Waals surface area contributed by atoms with Gasteiger partial charge in [0.1, 0.15) is 4.64 Å². The van der Waals surface area contributed by atoms with Crippen molar-refractivity contribution in [2.24, 2.45) is 0 Å². The Hall–Kier alpha value is -1.56. The number of hydrogen-bond donors (Lipinski definition) is 1. The zero-order valence-electron chi connectivity index (χ0n) is 7.95. The van der Waals surface area contributed by atoms with Gasteiger partial charge in [-0.1, -0.05) is 18.3 Å². The molecule has 0 spiro atoms. The molecule has 0 aliphatic heterocycles. The number of benzene rings is 1. The highest BCUT2D eigenvalue weighted by Gasteiger charge is 2.30. The zero-order chi connectivity index (χ0) is 11.8. The van der Waals surface area contributed by atoms with Crippen LogP contribution in [-0.4, -0.2) is 9.78 Å². The Labute approximate surface area is 94.3 Å². The summed E-state index contributed by atoms with van der Waals surface area (Å²) in [6.07, 6.45) is -2.75. The largest absolute Gasteiger partial charge is 0.416 e. The minimum atomic E-state index is -4.33. The van der Waals surface area contributed by atoms with E-state index in [1.807, 2.05) is 0 Å². The second-order valence-corrected chi connectivity index (χ2v) is 3.65. The Morgan fingerprint density at radius 1 is 1.19 bits per heavy atom. The van der Waals surface area contributed by atoms with E-state index < -0.39 is 11.7 Å². The van der Waals surface area contributed by atoms with E-state index in [0.29, 0.717) is 10.3 Å². The van der Waals surface area contributed by atoms with Crippen LogP contribution in [0.2, 0.25) is 0 Å².